The smallest absolute Gasteiger partial charge is 0.336 e. The van der Waals surface area contributed by atoms with E-state index in [9.17, 15) is 9.18 Å². The van der Waals surface area contributed by atoms with Gasteiger partial charge in [0.05, 0.1) is 12.2 Å². The number of hydrogen-bond acceptors (Lipinski definition) is 2. The van der Waals surface area contributed by atoms with Gasteiger partial charge in [-0.25, -0.2) is 9.18 Å². The average molecular weight is 266 g/mol. The van der Waals surface area contributed by atoms with Crippen LogP contribution in [0.25, 0.3) is 0 Å². The summed E-state index contributed by atoms with van der Waals surface area (Å²) in [5, 5.41) is 9.02. The third kappa shape index (κ3) is 4.03. The lowest BCUT2D eigenvalue weighted by Gasteiger charge is -2.21. The summed E-state index contributed by atoms with van der Waals surface area (Å²) in [6.45, 7) is 0.898. The lowest BCUT2D eigenvalue weighted by atomic mass is 9.90. The van der Waals surface area contributed by atoms with Crippen LogP contribution in [0.2, 0.25) is 0 Å². The van der Waals surface area contributed by atoms with E-state index in [0.717, 1.165) is 6.07 Å². The summed E-state index contributed by atoms with van der Waals surface area (Å²) >= 11 is 0. The third-order valence-corrected chi connectivity index (χ3v) is 3.64. The van der Waals surface area contributed by atoms with Gasteiger partial charge >= 0.3 is 5.97 Å². The summed E-state index contributed by atoms with van der Waals surface area (Å²) in [6.07, 6.45) is 6.19. The number of carboxylic acid groups (broad SMARTS) is 1. The maximum Gasteiger partial charge on any atom is 0.336 e. The summed E-state index contributed by atoms with van der Waals surface area (Å²) in [4.78, 5) is 11.0. The van der Waals surface area contributed by atoms with Crippen LogP contribution in [-0.4, -0.2) is 17.7 Å². The van der Waals surface area contributed by atoms with Crippen LogP contribution in [0.1, 0.15) is 48.0 Å². The molecule has 0 unspecified atom stereocenters. The monoisotopic (exact) mass is 266 g/mol. The number of halogens is 1. The summed E-state index contributed by atoms with van der Waals surface area (Å²) in [5.74, 6) is -1.06. The maximum absolute atomic E-state index is 13.0. The van der Waals surface area contributed by atoms with E-state index in [1.807, 2.05) is 0 Å². The molecule has 0 amide bonds. The Bertz CT molecular complexity index is 439. The van der Waals surface area contributed by atoms with Crippen molar-refractivity contribution in [2.24, 2.45) is 5.92 Å². The van der Waals surface area contributed by atoms with Crippen LogP contribution >= 0.6 is 0 Å². The number of benzene rings is 1. The number of rotatable bonds is 5. The van der Waals surface area contributed by atoms with Crippen molar-refractivity contribution < 1.29 is 19.0 Å². The maximum atomic E-state index is 13.0. The first-order valence-corrected chi connectivity index (χ1v) is 6.76. The van der Waals surface area contributed by atoms with E-state index in [-0.39, 0.29) is 12.2 Å². The Labute approximate surface area is 112 Å². The second kappa shape index (κ2) is 6.66. The first kappa shape index (κ1) is 14.0. The molecule has 1 fully saturated rings. The molecular weight excluding hydrogens is 247 g/mol. The summed E-state index contributed by atoms with van der Waals surface area (Å²) in [5.41, 5.74) is 0.522. The molecule has 1 aromatic rings. The van der Waals surface area contributed by atoms with Gasteiger partial charge < -0.3 is 9.84 Å². The van der Waals surface area contributed by atoms with Crippen molar-refractivity contribution in [1.82, 2.24) is 0 Å². The Kier molecular flexibility index (Phi) is 4.91. The quantitative estimate of drug-likeness (QED) is 0.885. The van der Waals surface area contributed by atoms with Gasteiger partial charge in [-0.15, -0.1) is 0 Å². The topological polar surface area (TPSA) is 46.5 Å². The molecule has 0 atom stereocenters. The van der Waals surface area contributed by atoms with Gasteiger partial charge in [-0.1, -0.05) is 25.3 Å². The highest BCUT2D eigenvalue weighted by Gasteiger charge is 2.15. The molecule has 1 N–H and O–H groups in total. The van der Waals surface area contributed by atoms with Crippen molar-refractivity contribution in [3.8, 4) is 0 Å². The predicted octanol–water partition coefficient (Wildman–Crippen LogP) is 3.62. The first-order chi connectivity index (χ1) is 9.16. The lowest BCUT2D eigenvalue weighted by molar-refractivity contribution is 0.0652. The van der Waals surface area contributed by atoms with E-state index < -0.39 is 11.8 Å². The van der Waals surface area contributed by atoms with Gasteiger partial charge in [0.15, 0.2) is 0 Å². The largest absolute Gasteiger partial charge is 0.478 e. The Morgan fingerprint density at radius 1 is 1.32 bits per heavy atom. The SMILES string of the molecule is O=C(O)c1cc(F)ccc1COCC1CCCCC1. The number of hydrogen-bond donors (Lipinski definition) is 1. The third-order valence-electron chi connectivity index (χ3n) is 3.64. The fraction of sp³-hybridized carbons (Fsp3) is 0.533. The van der Waals surface area contributed by atoms with Gasteiger partial charge in [-0.05, 0) is 36.5 Å². The molecule has 0 heterocycles. The molecule has 1 aromatic carbocycles. The Hall–Kier alpha value is -1.42. The standard InChI is InChI=1S/C15H19FO3/c16-13-7-6-12(14(8-13)15(17)18)10-19-9-11-4-2-1-3-5-11/h6-8,11H,1-5,9-10H2,(H,17,18). The molecule has 0 radical (unpaired) electrons. The number of carboxylic acids is 1. The molecule has 0 bridgehead atoms. The van der Waals surface area contributed by atoms with Gasteiger partial charge in [-0.3, -0.25) is 0 Å². The molecule has 1 aliphatic rings. The fourth-order valence-electron chi connectivity index (χ4n) is 2.56. The van der Waals surface area contributed by atoms with E-state index in [4.69, 9.17) is 9.84 Å². The molecule has 2 rings (SSSR count). The number of aromatic carboxylic acids is 1. The van der Waals surface area contributed by atoms with Crippen LogP contribution in [0.4, 0.5) is 4.39 Å². The highest BCUT2D eigenvalue weighted by Crippen LogP contribution is 2.24. The fourth-order valence-corrected chi connectivity index (χ4v) is 2.56. The highest BCUT2D eigenvalue weighted by atomic mass is 19.1. The van der Waals surface area contributed by atoms with Crippen molar-refractivity contribution >= 4 is 5.97 Å². The van der Waals surface area contributed by atoms with Crippen molar-refractivity contribution in [3.63, 3.8) is 0 Å². The molecule has 0 aliphatic heterocycles. The normalized spacial score (nSPS) is 16.5. The van der Waals surface area contributed by atoms with Crippen LogP contribution in [0.3, 0.4) is 0 Å². The van der Waals surface area contributed by atoms with Crippen LogP contribution in [-0.2, 0) is 11.3 Å². The van der Waals surface area contributed by atoms with Gasteiger partial charge in [0.25, 0.3) is 0 Å². The van der Waals surface area contributed by atoms with Crippen LogP contribution in [0, 0.1) is 11.7 Å². The summed E-state index contributed by atoms with van der Waals surface area (Å²) in [7, 11) is 0. The first-order valence-electron chi connectivity index (χ1n) is 6.76. The van der Waals surface area contributed by atoms with Gasteiger partial charge in [0, 0.05) is 6.61 Å². The van der Waals surface area contributed by atoms with Gasteiger partial charge in [0.2, 0.25) is 0 Å². The highest BCUT2D eigenvalue weighted by molar-refractivity contribution is 5.89. The minimum Gasteiger partial charge on any atom is -0.478 e. The molecule has 104 valence electrons. The van der Waals surface area contributed by atoms with E-state index in [0.29, 0.717) is 18.1 Å². The molecule has 19 heavy (non-hydrogen) atoms. The average Bonchev–Trinajstić information content (AvgIpc) is 2.41. The zero-order chi connectivity index (χ0) is 13.7. The Morgan fingerprint density at radius 3 is 2.74 bits per heavy atom. The van der Waals surface area contributed by atoms with E-state index in [1.165, 1.54) is 44.2 Å². The molecule has 3 nitrogen and oxygen atoms in total. The molecular formula is C15H19FO3. The van der Waals surface area contributed by atoms with Crippen LogP contribution in [0.5, 0.6) is 0 Å². The van der Waals surface area contributed by atoms with E-state index in [2.05, 4.69) is 0 Å². The van der Waals surface area contributed by atoms with Crippen molar-refractivity contribution in [1.29, 1.82) is 0 Å². The number of ether oxygens (including phenoxy) is 1. The number of carbonyl (C=O) groups is 1. The zero-order valence-corrected chi connectivity index (χ0v) is 10.9. The summed E-state index contributed by atoms with van der Waals surface area (Å²) < 4.78 is 18.6. The minimum absolute atomic E-state index is 0.0105. The van der Waals surface area contributed by atoms with Gasteiger partial charge in [0.1, 0.15) is 5.82 Å². The predicted molar refractivity (Wildman–Crippen MR) is 69.6 cm³/mol. The van der Waals surface area contributed by atoms with Crippen molar-refractivity contribution in [2.45, 2.75) is 38.7 Å². The zero-order valence-electron chi connectivity index (χ0n) is 10.9. The second-order valence-corrected chi connectivity index (χ2v) is 5.13. The molecule has 0 aromatic heterocycles. The Morgan fingerprint density at radius 2 is 2.05 bits per heavy atom. The molecule has 4 heteroatoms. The van der Waals surface area contributed by atoms with Crippen molar-refractivity contribution in [3.05, 3.63) is 35.1 Å². The Balaban J connectivity index is 1.89. The molecule has 1 saturated carbocycles. The van der Waals surface area contributed by atoms with Crippen molar-refractivity contribution in [2.75, 3.05) is 6.61 Å². The van der Waals surface area contributed by atoms with E-state index in [1.54, 1.807) is 0 Å². The van der Waals surface area contributed by atoms with E-state index >= 15 is 0 Å². The van der Waals surface area contributed by atoms with Crippen LogP contribution in [0.15, 0.2) is 18.2 Å². The van der Waals surface area contributed by atoms with Gasteiger partial charge in [-0.2, -0.15) is 0 Å². The summed E-state index contributed by atoms with van der Waals surface area (Å²) in [6, 6.07) is 3.80. The molecule has 0 spiro atoms. The molecule has 1 aliphatic carbocycles. The van der Waals surface area contributed by atoms with Crippen LogP contribution < -0.4 is 0 Å². The molecule has 0 saturated heterocycles. The second-order valence-electron chi connectivity index (χ2n) is 5.13. The minimum atomic E-state index is -1.12. The lowest BCUT2D eigenvalue weighted by Crippen LogP contribution is -2.14.